The molecule has 0 radical (unpaired) electrons. The van der Waals surface area contributed by atoms with E-state index in [1.165, 1.54) is 13.0 Å². The Morgan fingerprint density at radius 1 is 1.35 bits per heavy atom. The van der Waals surface area contributed by atoms with E-state index in [2.05, 4.69) is 9.62 Å². The highest BCUT2D eigenvalue weighted by Crippen LogP contribution is 2.21. The van der Waals surface area contributed by atoms with Crippen molar-refractivity contribution < 1.29 is 12.8 Å². The van der Waals surface area contributed by atoms with E-state index in [4.69, 9.17) is 5.73 Å². The first-order chi connectivity index (χ1) is 9.40. The Hall–Kier alpha value is -1.18. The molecule has 0 bridgehead atoms. The molecule has 1 aromatic carbocycles. The van der Waals surface area contributed by atoms with Crippen molar-refractivity contribution >= 4 is 15.7 Å². The molecule has 112 valence electrons. The molecule has 1 fully saturated rings. The van der Waals surface area contributed by atoms with Gasteiger partial charge in [-0.3, -0.25) is 0 Å². The summed E-state index contributed by atoms with van der Waals surface area (Å²) in [5, 5.41) is 0. The lowest BCUT2D eigenvalue weighted by Crippen LogP contribution is -2.33. The summed E-state index contributed by atoms with van der Waals surface area (Å²) in [4.78, 5) is 2.12. The highest BCUT2D eigenvalue weighted by Gasteiger charge is 2.20. The van der Waals surface area contributed by atoms with Crippen molar-refractivity contribution in [3.63, 3.8) is 0 Å². The van der Waals surface area contributed by atoms with Crippen LogP contribution in [0, 0.1) is 12.7 Å². The fourth-order valence-electron chi connectivity index (χ4n) is 2.37. The molecule has 0 amide bonds. The largest absolute Gasteiger partial charge is 0.399 e. The molecular weight excluding hydrogens is 281 g/mol. The van der Waals surface area contributed by atoms with E-state index in [0.29, 0.717) is 13.1 Å². The van der Waals surface area contributed by atoms with Gasteiger partial charge in [-0.25, -0.2) is 17.5 Å². The zero-order valence-electron chi connectivity index (χ0n) is 11.5. The Morgan fingerprint density at radius 2 is 2.00 bits per heavy atom. The smallest absolute Gasteiger partial charge is 0.241 e. The number of nitrogen functional groups attached to an aromatic ring is 1. The molecule has 0 saturated carbocycles. The van der Waals surface area contributed by atoms with Crippen molar-refractivity contribution in [1.82, 2.24) is 9.62 Å². The molecule has 20 heavy (non-hydrogen) atoms. The van der Waals surface area contributed by atoms with Crippen LogP contribution in [0.15, 0.2) is 17.0 Å². The van der Waals surface area contributed by atoms with Crippen LogP contribution in [0.1, 0.15) is 18.4 Å². The van der Waals surface area contributed by atoms with Gasteiger partial charge in [-0.1, -0.05) is 0 Å². The van der Waals surface area contributed by atoms with E-state index < -0.39 is 15.8 Å². The molecule has 1 saturated heterocycles. The summed E-state index contributed by atoms with van der Waals surface area (Å²) in [7, 11) is -3.72. The molecular formula is C13H20FN3O2S. The zero-order chi connectivity index (χ0) is 14.8. The molecule has 0 spiro atoms. The number of nitrogens with two attached hydrogens (primary N) is 1. The number of rotatable bonds is 5. The molecule has 0 aliphatic carbocycles. The second kappa shape index (κ2) is 6.07. The van der Waals surface area contributed by atoms with Crippen molar-refractivity contribution in [1.29, 1.82) is 0 Å². The number of sulfonamides is 1. The van der Waals surface area contributed by atoms with Gasteiger partial charge >= 0.3 is 0 Å². The third kappa shape index (κ3) is 3.47. The van der Waals surface area contributed by atoms with E-state index in [0.717, 1.165) is 32.0 Å². The molecule has 0 aromatic heterocycles. The average molecular weight is 301 g/mol. The lowest BCUT2D eigenvalue weighted by atomic mass is 10.2. The van der Waals surface area contributed by atoms with Crippen LogP contribution in [0.4, 0.5) is 10.1 Å². The normalized spacial score (nSPS) is 16.7. The molecule has 1 aliphatic rings. The van der Waals surface area contributed by atoms with Crippen molar-refractivity contribution in [2.45, 2.75) is 24.7 Å². The van der Waals surface area contributed by atoms with Crippen LogP contribution in [-0.2, 0) is 10.0 Å². The van der Waals surface area contributed by atoms with Gasteiger partial charge in [0.05, 0.1) is 4.90 Å². The molecule has 1 heterocycles. The number of halogens is 1. The molecule has 1 aliphatic heterocycles. The quantitative estimate of drug-likeness (QED) is 0.798. The number of nitrogens with zero attached hydrogens (tertiary/aromatic N) is 1. The summed E-state index contributed by atoms with van der Waals surface area (Å²) >= 11 is 0. The molecule has 7 heteroatoms. The Bertz CT molecular complexity index is 584. The van der Waals surface area contributed by atoms with Gasteiger partial charge < -0.3 is 10.6 Å². The first-order valence-electron chi connectivity index (χ1n) is 6.68. The van der Waals surface area contributed by atoms with E-state index in [-0.39, 0.29) is 16.1 Å². The van der Waals surface area contributed by atoms with Crippen molar-refractivity contribution in [2.24, 2.45) is 0 Å². The van der Waals surface area contributed by atoms with Gasteiger partial charge in [0, 0.05) is 24.3 Å². The minimum atomic E-state index is -3.72. The van der Waals surface area contributed by atoms with Crippen molar-refractivity contribution in [2.75, 3.05) is 31.9 Å². The Morgan fingerprint density at radius 3 is 2.65 bits per heavy atom. The van der Waals surface area contributed by atoms with Gasteiger partial charge in [-0.15, -0.1) is 0 Å². The van der Waals surface area contributed by atoms with Gasteiger partial charge in [0.2, 0.25) is 10.0 Å². The van der Waals surface area contributed by atoms with E-state index in [1.54, 1.807) is 0 Å². The highest BCUT2D eigenvalue weighted by molar-refractivity contribution is 7.89. The molecule has 0 unspecified atom stereocenters. The van der Waals surface area contributed by atoms with Gasteiger partial charge in [0.25, 0.3) is 0 Å². The summed E-state index contributed by atoms with van der Waals surface area (Å²) in [6.07, 6.45) is 2.32. The summed E-state index contributed by atoms with van der Waals surface area (Å²) in [5.74, 6) is -0.607. The minimum Gasteiger partial charge on any atom is -0.399 e. The van der Waals surface area contributed by atoms with Crippen LogP contribution >= 0.6 is 0 Å². The predicted octanol–water partition coefficient (Wildman–Crippen LogP) is 1.09. The van der Waals surface area contributed by atoms with Gasteiger partial charge in [0.1, 0.15) is 5.82 Å². The fourth-order valence-corrected chi connectivity index (χ4v) is 3.68. The minimum absolute atomic E-state index is 0.0866. The number of nitrogens with one attached hydrogen (secondary N) is 1. The van der Waals surface area contributed by atoms with Crippen LogP contribution in [0.25, 0.3) is 0 Å². The first-order valence-corrected chi connectivity index (χ1v) is 8.16. The van der Waals surface area contributed by atoms with Crippen LogP contribution in [0.5, 0.6) is 0 Å². The van der Waals surface area contributed by atoms with Crippen LogP contribution in [0.3, 0.4) is 0 Å². The van der Waals surface area contributed by atoms with E-state index >= 15 is 0 Å². The Kier molecular flexibility index (Phi) is 4.62. The monoisotopic (exact) mass is 301 g/mol. The van der Waals surface area contributed by atoms with E-state index in [9.17, 15) is 12.8 Å². The summed E-state index contributed by atoms with van der Waals surface area (Å²) < 4.78 is 40.4. The Balaban J connectivity index is 2.06. The first kappa shape index (κ1) is 15.2. The number of anilines is 1. The van der Waals surface area contributed by atoms with Crippen molar-refractivity contribution in [3.05, 3.63) is 23.5 Å². The van der Waals surface area contributed by atoms with Gasteiger partial charge in [0.15, 0.2) is 0 Å². The standard InChI is InChI=1S/C13H20FN3O2S/c1-10-12(14)8-11(15)9-13(10)20(18,19)16-4-7-17-5-2-3-6-17/h8-9,16H,2-7,15H2,1H3. The maximum Gasteiger partial charge on any atom is 0.241 e. The van der Waals surface area contributed by atoms with Gasteiger partial charge in [-0.05, 0) is 45.0 Å². The number of benzene rings is 1. The fraction of sp³-hybridized carbons (Fsp3) is 0.538. The summed E-state index contributed by atoms with van der Waals surface area (Å²) in [6, 6.07) is 2.41. The lowest BCUT2D eigenvalue weighted by molar-refractivity contribution is 0.344. The number of hydrogen-bond acceptors (Lipinski definition) is 4. The second-order valence-electron chi connectivity index (χ2n) is 5.07. The Labute approximate surface area is 119 Å². The predicted molar refractivity (Wildman–Crippen MR) is 76.4 cm³/mol. The van der Waals surface area contributed by atoms with E-state index in [1.807, 2.05) is 0 Å². The third-order valence-corrected chi connectivity index (χ3v) is 5.11. The maximum absolute atomic E-state index is 13.6. The number of likely N-dealkylation sites (tertiary alicyclic amines) is 1. The van der Waals surface area contributed by atoms with Crippen LogP contribution < -0.4 is 10.5 Å². The molecule has 5 nitrogen and oxygen atoms in total. The molecule has 0 atom stereocenters. The van der Waals surface area contributed by atoms with Gasteiger partial charge in [-0.2, -0.15) is 0 Å². The van der Waals surface area contributed by atoms with Crippen LogP contribution in [-0.4, -0.2) is 39.5 Å². The van der Waals surface area contributed by atoms with Crippen LogP contribution in [0.2, 0.25) is 0 Å². The molecule has 3 N–H and O–H groups in total. The zero-order valence-corrected chi connectivity index (χ0v) is 12.3. The van der Waals surface area contributed by atoms with Crippen molar-refractivity contribution in [3.8, 4) is 0 Å². The number of hydrogen-bond donors (Lipinski definition) is 2. The molecule has 1 aromatic rings. The average Bonchev–Trinajstić information content (AvgIpc) is 2.86. The SMILES string of the molecule is Cc1c(F)cc(N)cc1S(=O)(=O)NCCN1CCCC1. The summed E-state index contributed by atoms with van der Waals surface area (Å²) in [6.45, 7) is 4.44. The maximum atomic E-state index is 13.6. The third-order valence-electron chi connectivity index (χ3n) is 3.53. The second-order valence-corrected chi connectivity index (χ2v) is 6.81. The topological polar surface area (TPSA) is 75.4 Å². The lowest BCUT2D eigenvalue weighted by Gasteiger charge is -2.15. The molecule has 2 rings (SSSR count). The summed E-state index contributed by atoms with van der Waals surface area (Å²) in [5.41, 5.74) is 5.71. The highest BCUT2D eigenvalue weighted by atomic mass is 32.2.